The Morgan fingerprint density at radius 1 is 1.40 bits per heavy atom. The van der Waals surface area contributed by atoms with E-state index in [-0.39, 0.29) is 10.6 Å². The van der Waals surface area contributed by atoms with Gasteiger partial charge in [-0.05, 0) is 12.5 Å². The van der Waals surface area contributed by atoms with Crippen molar-refractivity contribution in [2.75, 3.05) is 5.75 Å². The van der Waals surface area contributed by atoms with Gasteiger partial charge in [0.25, 0.3) is 5.56 Å². The molecule has 0 aliphatic carbocycles. The van der Waals surface area contributed by atoms with Gasteiger partial charge in [-0.2, -0.15) is 0 Å². The van der Waals surface area contributed by atoms with E-state index in [2.05, 4.69) is 15.0 Å². The van der Waals surface area contributed by atoms with Crippen molar-refractivity contribution in [3.63, 3.8) is 0 Å². The lowest BCUT2D eigenvalue weighted by Crippen LogP contribution is -2.28. The number of rotatable bonds is 4. The van der Waals surface area contributed by atoms with Crippen LogP contribution in [0.5, 0.6) is 0 Å². The summed E-state index contributed by atoms with van der Waals surface area (Å²) in [5.41, 5.74) is -0.397. The smallest absolute Gasteiger partial charge is 0.329 e. The van der Waals surface area contributed by atoms with E-state index in [0.717, 1.165) is 6.42 Å². The molecule has 0 unspecified atom stereocenters. The normalized spacial score (nSPS) is 11.5. The van der Waals surface area contributed by atoms with Gasteiger partial charge in [-0.15, -0.1) is 0 Å². The lowest BCUT2D eigenvalue weighted by Gasteiger charge is -1.94. The summed E-state index contributed by atoms with van der Waals surface area (Å²) >= 11 is 1.26. The fourth-order valence-electron chi connectivity index (χ4n) is 1.67. The van der Waals surface area contributed by atoms with E-state index >= 15 is 0 Å². The third-order valence-corrected chi connectivity index (χ3v) is 3.48. The molecule has 20 heavy (non-hydrogen) atoms. The van der Waals surface area contributed by atoms with Crippen LogP contribution >= 0.6 is 11.8 Å². The SMILES string of the molecule is CC(=O)SCCC=Cc1nc2c([nH]1)c(=O)[nH]c(=O)n2C. The van der Waals surface area contributed by atoms with Gasteiger partial charge in [-0.1, -0.05) is 17.8 Å². The summed E-state index contributed by atoms with van der Waals surface area (Å²) in [6.07, 6.45) is 4.31. The summed E-state index contributed by atoms with van der Waals surface area (Å²) in [6.45, 7) is 1.53. The molecule has 2 heterocycles. The van der Waals surface area contributed by atoms with E-state index in [4.69, 9.17) is 0 Å². The van der Waals surface area contributed by atoms with Crippen LogP contribution in [-0.4, -0.2) is 30.4 Å². The largest absolute Gasteiger partial charge is 0.333 e. The molecule has 2 aromatic rings. The second kappa shape index (κ2) is 5.91. The molecule has 0 radical (unpaired) electrons. The molecule has 0 amide bonds. The minimum atomic E-state index is -0.498. The monoisotopic (exact) mass is 294 g/mol. The summed E-state index contributed by atoms with van der Waals surface area (Å²) in [7, 11) is 1.54. The molecule has 0 saturated heterocycles. The van der Waals surface area contributed by atoms with Gasteiger partial charge in [-0.3, -0.25) is 19.1 Å². The molecule has 7 nitrogen and oxygen atoms in total. The highest BCUT2D eigenvalue weighted by molar-refractivity contribution is 8.13. The molecule has 2 rings (SSSR count). The number of thioether (sulfide) groups is 1. The minimum Gasteiger partial charge on any atom is -0.333 e. The van der Waals surface area contributed by atoms with Crippen LogP contribution < -0.4 is 11.2 Å². The highest BCUT2D eigenvalue weighted by Crippen LogP contribution is 2.07. The molecule has 106 valence electrons. The van der Waals surface area contributed by atoms with Crippen LogP contribution in [0, 0.1) is 0 Å². The number of nitrogens with zero attached hydrogens (tertiary/aromatic N) is 2. The van der Waals surface area contributed by atoms with Gasteiger partial charge in [0.2, 0.25) is 0 Å². The lowest BCUT2D eigenvalue weighted by molar-refractivity contribution is -0.109. The summed E-state index contributed by atoms with van der Waals surface area (Å²) in [6, 6.07) is 0. The van der Waals surface area contributed by atoms with E-state index < -0.39 is 11.2 Å². The van der Waals surface area contributed by atoms with Gasteiger partial charge in [0.1, 0.15) is 11.3 Å². The van der Waals surface area contributed by atoms with Crippen molar-refractivity contribution >= 4 is 34.1 Å². The van der Waals surface area contributed by atoms with Crippen LogP contribution in [0.15, 0.2) is 15.7 Å². The number of imidazole rings is 1. The van der Waals surface area contributed by atoms with Gasteiger partial charge in [0.05, 0.1) is 0 Å². The molecule has 0 aliphatic heterocycles. The minimum absolute atomic E-state index is 0.0867. The number of carbonyl (C=O) groups excluding carboxylic acids is 1. The zero-order valence-electron chi connectivity index (χ0n) is 11.1. The number of nitrogens with one attached hydrogen (secondary N) is 2. The van der Waals surface area contributed by atoms with E-state index in [1.165, 1.54) is 23.3 Å². The number of H-pyrrole nitrogens is 2. The molecule has 0 aromatic carbocycles. The van der Waals surface area contributed by atoms with Crippen molar-refractivity contribution in [3.8, 4) is 0 Å². The predicted octanol–water partition coefficient (Wildman–Crippen LogP) is 0.633. The maximum Gasteiger partial charge on any atom is 0.329 e. The Kier molecular flexibility index (Phi) is 4.23. The Labute approximate surface area is 118 Å². The lowest BCUT2D eigenvalue weighted by atomic mass is 10.4. The van der Waals surface area contributed by atoms with Gasteiger partial charge in [0, 0.05) is 19.7 Å². The first-order valence-corrected chi connectivity index (χ1v) is 6.96. The highest BCUT2D eigenvalue weighted by atomic mass is 32.2. The van der Waals surface area contributed by atoms with Crippen LogP contribution in [0.25, 0.3) is 17.2 Å². The molecular formula is C12H14N4O3S. The van der Waals surface area contributed by atoms with Crippen LogP contribution in [0.3, 0.4) is 0 Å². The van der Waals surface area contributed by atoms with Gasteiger partial charge < -0.3 is 4.98 Å². The summed E-state index contributed by atoms with van der Waals surface area (Å²) in [5, 5.41) is 0.0867. The van der Waals surface area contributed by atoms with E-state index in [1.54, 1.807) is 13.1 Å². The standard InChI is InChI=1S/C12H14N4O3S/c1-7(17)20-6-4-3-5-8-13-9-10(14-8)16(2)12(19)15-11(9)18/h3,5H,4,6H2,1-2H3,(H,13,14)(H,15,18,19). The Hall–Kier alpha value is -2.09. The topological polar surface area (TPSA) is 101 Å². The molecule has 0 saturated carbocycles. The van der Waals surface area contributed by atoms with Crippen molar-refractivity contribution in [3.05, 3.63) is 32.7 Å². The molecule has 0 spiro atoms. The molecule has 2 N–H and O–H groups in total. The third kappa shape index (κ3) is 3.08. The maximum absolute atomic E-state index is 11.6. The van der Waals surface area contributed by atoms with E-state index in [9.17, 15) is 14.4 Å². The fourth-order valence-corrected chi connectivity index (χ4v) is 2.21. The number of allylic oxidation sites excluding steroid dienone is 1. The first kappa shape index (κ1) is 14.3. The Bertz CT molecular complexity index is 784. The van der Waals surface area contributed by atoms with Gasteiger partial charge >= 0.3 is 5.69 Å². The van der Waals surface area contributed by atoms with Crippen molar-refractivity contribution < 1.29 is 4.79 Å². The maximum atomic E-state index is 11.6. The van der Waals surface area contributed by atoms with Crippen LogP contribution in [0.1, 0.15) is 19.2 Å². The summed E-state index contributed by atoms with van der Waals surface area (Å²) in [4.78, 5) is 43.0. The number of fused-ring (bicyclic) bond motifs is 1. The zero-order chi connectivity index (χ0) is 14.7. The third-order valence-electron chi connectivity index (χ3n) is 2.64. The predicted molar refractivity (Wildman–Crippen MR) is 78.7 cm³/mol. The quantitative estimate of drug-likeness (QED) is 0.806. The van der Waals surface area contributed by atoms with Crippen molar-refractivity contribution in [2.45, 2.75) is 13.3 Å². The van der Waals surface area contributed by atoms with Crippen molar-refractivity contribution in [2.24, 2.45) is 7.05 Å². The Balaban J connectivity index is 2.20. The summed E-state index contributed by atoms with van der Waals surface area (Å²) < 4.78 is 1.27. The molecular weight excluding hydrogens is 280 g/mol. The number of aryl methyl sites for hydroxylation is 1. The van der Waals surface area contributed by atoms with E-state index in [1.807, 2.05) is 6.08 Å². The molecule has 0 bridgehead atoms. The molecule has 0 aliphatic rings. The number of aromatic amines is 2. The van der Waals surface area contributed by atoms with Gasteiger partial charge in [0.15, 0.2) is 10.8 Å². The number of aromatic nitrogens is 4. The average molecular weight is 294 g/mol. The fraction of sp³-hybridized carbons (Fsp3) is 0.333. The molecule has 2 aromatic heterocycles. The molecule has 8 heteroatoms. The summed E-state index contributed by atoms with van der Waals surface area (Å²) in [5.74, 6) is 1.20. The van der Waals surface area contributed by atoms with Crippen molar-refractivity contribution in [1.82, 2.24) is 19.5 Å². The number of carbonyl (C=O) groups is 1. The second-order valence-electron chi connectivity index (χ2n) is 4.17. The van der Waals surface area contributed by atoms with Crippen molar-refractivity contribution in [1.29, 1.82) is 0 Å². The van der Waals surface area contributed by atoms with Crippen LogP contribution in [-0.2, 0) is 11.8 Å². The van der Waals surface area contributed by atoms with Gasteiger partial charge in [-0.25, -0.2) is 9.78 Å². The molecule has 0 fully saturated rings. The second-order valence-corrected chi connectivity index (χ2v) is 5.44. The Morgan fingerprint density at radius 3 is 2.85 bits per heavy atom. The first-order chi connectivity index (χ1) is 9.49. The van der Waals surface area contributed by atoms with E-state index in [0.29, 0.717) is 17.2 Å². The first-order valence-electron chi connectivity index (χ1n) is 5.98. The number of hydrogen-bond donors (Lipinski definition) is 2. The average Bonchev–Trinajstić information content (AvgIpc) is 2.80. The van der Waals surface area contributed by atoms with Crippen LogP contribution in [0.4, 0.5) is 0 Å². The van der Waals surface area contributed by atoms with Crippen LogP contribution in [0.2, 0.25) is 0 Å². The molecule has 0 atom stereocenters. The zero-order valence-corrected chi connectivity index (χ0v) is 11.9. The Morgan fingerprint density at radius 2 is 2.15 bits per heavy atom. The highest BCUT2D eigenvalue weighted by Gasteiger charge is 2.08. The number of hydrogen-bond acceptors (Lipinski definition) is 5.